The van der Waals surface area contributed by atoms with Gasteiger partial charge in [0.1, 0.15) is 16.5 Å². The molecule has 4 rings (SSSR count). The Morgan fingerprint density at radius 2 is 1.92 bits per heavy atom. The summed E-state index contributed by atoms with van der Waals surface area (Å²) in [6.45, 7) is 5.37. The minimum atomic E-state index is -3.61. The third kappa shape index (κ3) is 6.12. The highest BCUT2D eigenvalue weighted by molar-refractivity contribution is 7.91. The summed E-state index contributed by atoms with van der Waals surface area (Å²) in [4.78, 5) is 11.6. The van der Waals surface area contributed by atoms with Crippen LogP contribution in [0.25, 0.3) is 21.0 Å². The Labute approximate surface area is 226 Å². The van der Waals surface area contributed by atoms with Crippen molar-refractivity contribution in [1.82, 2.24) is 8.87 Å². The molecule has 0 N–H and O–H groups in total. The number of nitrogens with zero attached hydrogens (tertiary/aromatic N) is 2. The van der Waals surface area contributed by atoms with Crippen molar-refractivity contribution in [3.8, 4) is 5.75 Å². The van der Waals surface area contributed by atoms with Crippen LogP contribution < -0.4 is 4.74 Å². The highest BCUT2D eigenvalue weighted by Gasteiger charge is 2.28. The average Bonchev–Trinajstić information content (AvgIpc) is 3.43. The zero-order valence-electron chi connectivity index (χ0n) is 21.2. The predicted octanol–water partition coefficient (Wildman–Crippen LogP) is 6.25. The number of rotatable bonds is 12. The number of halogens is 1. The van der Waals surface area contributed by atoms with Crippen molar-refractivity contribution in [3.05, 3.63) is 59.2 Å². The number of aromatic nitrogens is 1. The van der Waals surface area contributed by atoms with Gasteiger partial charge in [0.05, 0.1) is 13.7 Å². The van der Waals surface area contributed by atoms with Gasteiger partial charge in [-0.05, 0) is 79.6 Å². The summed E-state index contributed by atoms with van der Waals surface area (Å²) < 4.78 is 42.5. The SMILES string of the molecule is CCCN(CCCCOc1ccc2c(ccn2CC(=O)OC)c1)S(=O)(=O)c1sc2ccc(Cl)cc2c1C. The third-order valence-corrected chi connectivity index (χ3v) is 10.2. The van der Waals surface area contributed by atoms with Crippen LogP contribution in [0.5, 0.6) is 5.75 Å². The van der Waals surface area contributed by atoms with Gasteiger partial charge in [0.15, 0.2) is 0 Å². The molecular formula is C27H31ClN2O5S2. The second-order valence-electron chi connectivity index (χ2n) is 8.86. The van der Waals surface area contributed by atoms with Gasteiger partial charge in [0.2, 0.25) is 0 Å². The Balaban J connectivity index is 1.35. The van der Waals surface area contributed by atoms with Crippen LogP contribution in [0.2, 0.25) is 5.02 Å². The molecule has 0 radical (unpaired) electrons. The third-order valence-electron chi connectivity index (χ3n) is 6.24. The maximum atomic E-state index is 13.5. The van der Waals surface area contributed by atoms with E-state index < -0.39 is 10.0 Å². The van der Waals surface area contributed by atoms with Crippen LogP contribution in [-0.2, 0) is 26.1 Å². The maximum Gasteiger partial charge on any atom is 0.325 e. The van der Waals surface area contributed by atoms with Crippen LogP contribution in [0.3, 0.4) is 0 Å². The Bertz CT molecular complexity index is 1510. The van der Waals surface area contributed by atoms with E-state index in [1.54, 1.807) is 10.4 Å². The van der Waals surface area contributed by atoms with Gasteiger partial charge in [0, 0.05) is 39.9 Å². The molecule has 0 aliphatic rings. The molecule has 0 bridgehead atoms. The second kappa shape index (κ2) is 11.9. The minimum Gasteiger partial charge on any atom is -0.494 e. The van der Waals surface area contributed by atoms with Crippen LogP contribution in [0.4, 0.5) is 0 Å². The first-order chi connectivity index (χ1) is 17.7. The molecule has 2 aromatic heterocycles. The van der Waals surface area contributed by atoms with E-state index in [0.717, 1.165) is 45.1 Å². The first-order valence-corrected chi connectivity index (χ1v) is 14.9. The van der Waals surface area contributed by atoms with E-state index >= 15 is 0 Å². The number of benzene rings is 2. The number of methoxy groups -OCH3 is 1. The fourth-order valence-corrected chi connectivity index (χ4v) is 7.95. The molecule has 0 saturated heterocycles. The molecule has 2 aromatic carbocycles. The molecule has 0 aliphatic heterocycles. The maximum absolute atomic E-state index is 13.5. The van der Waals surface area contributed by atoms with E-state index in [0.29, 0.717) is 35.3 Å². The highest BCUT2D eigenvalue weighted by Crippen LogP contribution is 2.37. The number of ether oxygens (including phenoxy) is 2. The predicted molar refractivity (Wildman–Crippen MR) is 149 cm³/mol. The Morgan fingerprint density at radius 1 is 1.11 bits per heavy atom. The van der Waals surface area contributed by atoms with Crippen molar-refractivity contribution in [2.45, 2.75) is 43.9 Å². The number of fused-ring (bicyclic) bond motifs is 2. The van der Waals surface area contributed by atoms with E-state index in [9.17, 15) is 13.2 Å². The van der Waals surface area contributed by atoms with E-state index in [-0.39, 0.29) is 12.5 Å². The molecule has 198 valence electrons. The molecule has 0 spiro atoms. The lowest BCUT2D eigenvalue weighted by Gasteiger charge is -2.21. The lowest BCUT2D eigenvalue weighted by molar-refractivity contribution is -0.141. The number of hydrogen-bond donors (Lipinski definition) is 0. The number of hydrogen-bond acceptors (Lipinski definition) is 6. The van der Waals surface area contributed by atoms with E-state index in [2.05, 4.69) is 0 Å². The van der Waals surface area contributed by atoms with Crippen molar-refractivity contribution in [1.29, 1.82) is 0 Å². The number of esters is 1. The average molecular weight is 563 g/mol. The van der Waals surface area contributed by atoms with Gasteiger partial charge < -0.3 is 14.0 Å². The molecule has 2 heterocycles. The van der Waals surface area contributed by atoms with E-state index in [1.807, 2.05) is 61.0 Å². The molecule has 7 nitrogen and oxygen atoms in total. The van der Waals surface area contributed by atoms with Crippen LogP contribution in [0.15, 0.2) is 52.9 Å². The van der Waals surface area contributed by atoms with Gasteiger partial charge in [-0.25, -0.2) is 8.42 Å². The van der Waals surface area contributed by atoms with Crippen LogP contribution in [-0.4, -0.2) is 50.1 Å². The van der Waals surface area contributed by atoms with Gasteiger partial charge in [-0.15, -0.1) is 11.3 Å². The lowest BCUT2D eigenvalue weighted by Crippen LogP contribution is -2.32. The number of unbranched alkanes of at least 4 members (excludes halogenated alkanes) is 1. The molecule has 4 aromatic rings. The molecule has 0 aliphatic carbocycles. The fourth-order valence-electron chi connectivity index (χ4n) is 4.33. The summed E-state index contributed by atoms with van der Waals surface area (Å²) >= 11 is 7.44. The fraction of sp³-hybridized carbons (Fsp3) is 0.370. The summed E-state index contributed by atoms with van der Waals surface area (Å²) in [6.07, 6.45) is 3.99. The molecule has 37 heavy (non-hydrogen) atoms. The van der Waals surface area contributed by atoms with Crippen LogP contribution in [0, 0.1) is 6.92 Å². The molecule has 10 heteroatoms. The van der Waals surface area contributed by atoms with Crippen molar-refractivity contribution < 1.29 is 22.7 Å². The number of thiophene rings is 1. The number of carbonyl (C=O) groups is 1. The molecule has 0 unspecified atom stereocenters. The van der Waals surface area contributed by atoms with Crippen molar-refractivity contribution in [3.63, 3.8) is 0 Å². The van der Waals surface area contributed by atoms with Gasteiger partial charge in [-0.2, -0.15) is 4.31 Å². The normalized spacial score (nSPS) is 12.0. The lowest BCUT2D eigenvalue weighted by atomic mass is 10.2. The number of aryl methyl sites for hydroxylation is 1. The monoisotopic (exact) mass is 562 g/mol. The smallest absolute Gasteiger partial charge is 0.325 e. The molecular weight excluding hydrogens is 532 g/mol. The van der Waals surface area contributed by atoms with E-state index in [4.69, 9.17) is 21.1 Å². The second-order valence-corrected chi connectivity index (χ2v) is 12.5. The Morgan fingerprint density at radius 3 is 2.68 bits per heavy atom. The zero-order chi connectivity index (χ0) is 26.6. The summed E-state index contributed by atoms with van der Waals surface area (Å²) in [7, 11) is -2.23. The molecule has 0 saturated carbocycles. The minimum absolute atomic E-state index is 0.159. The Kier molecular flexibility index (Phi) is 8.79. The topological polar surface area (TPSA) is 77.8 Å². The first kappa shape index (κ1) is 27.4. The number of sulfonamides is 1. The van der Waals surface area contributed by atoms with Crippen LogP contribution >= 0.6 is 22.9 Å². The Hall–Kier alpha value is -2.59. The van der Waals surface area contributed by atoms with Gasteiger partial charge in [0.25, 0.3) is 10.0 Å². The van der Waals surface area contributed by atoms with Gasteiger partial charge >= 0.3 is 5.97 Å². The summed E-state index contributed by atoms with van der Waals surface area (Å²) in [5.74, 6) is 0.435. The highest BCUT2D eigenvalue weighted by atomic mass is 35.5. The largest absolute Gasteiger partial charge is 0.494 e. The zero-order valence-corrected chi connectivity index (χ0v) is 23.6. The van der Waals surface area contributed by atoms with E-state index in [1.165, 1.54) is 18.4 Å². The standard InChI is InChI=1S/C27H31ClN2O5S2/c1-4-12-30(37(32,33)27-19(2)23-17-21(28)7-10-25(23)36-27)13-5-6-15-35-22-8-9-24-20(16-22)11-14-29(24)18-26(31)34-3/h7-11,14,16-17H,4-6,12-13,15,18H2,1-3H3. The molecule has 0 amide bonds. The summed E-state index contributed by atoms with van der Waals surface area (Å²) in [5, 5.41) is 2.46. The quantitative estimate of drug-likeness (QED) is 0.151. The number of carbonyl (C=O) groups excluding carboxylic acids is 1. The molecule has 0 fully saturated rings. The van der Waals surface area contributed by atoms with Crippen molar-refractivity contribution in [2.24, 2.45) is 0 Å². The van der Waals surface area contributed by atoms with Crippen LogP contribution in [0.1, 0.15) is 31.7 Å². The first-order valence-electron chi connectivity index (χ1n) is 12.2. The summed E-state index contributed by atoms with van der Waals surface area (Å²) in [5.41, 5.74) is 1.68. The summed E-state index contributed by atoms with van der Waals surface area (Å²) in [6, 6.07) is 13.2. The van der Waals surface area contributed by atoms with Gasteiger partial charge in [-0.1, -0.05) is 18.5 Å². The van der Waals surface area contributed by atoms with Gasteiger partial charge in [-0.3, -0.25) is 4.79 Å². The van der Waals surface area contributed by atoms with Crippen molar-refractivity contribution >= 4 is 59.9 Å². The molecule has 0 atom stereocenters. The van der Waals surface area contributed by atoms with Crippen molar-refractivity contribution in [2.75, 3.05) is 26.8 Å².